The average Bonchev–Trinajstić information content (AvgIpc) is 2.76. The minimum atomic E-state index is -0.938. The van der Waals surface area contributed by atoms with Crippen LogP contribution in [-0.2, 0) is 9.59 Å². The van der Waals surface area contributed by atoms with Crippen molar-refractivity contribution in [3.63, 3.8) is 0 Å². The second-order valence-electron chi connectivity index (χ2n) is 5.36. The number of carboxylic acids is 1. The van der Waals surface area contributed by atoms with Gasteiger partial charge in [-0.15, -0.1) is 0 Å². The molecule has 0 heterocycles. The minimum absolute atomic E-state index is 0.206. The Morgan fingerprint density at radius 3 is 2.29 bits per heavy atom. The Morgan fingerprint density at radius 2 is 1.76 bits per heavy atom. The molecule has 4 nitrogen and oxygen atoms in total. The molecule has 0 radical (unpaired) electrons. The molecular weight excluding hydrogens is 381 g/mol. The third-order valence-corrected chi connectivity index (χ3v) is 4.76. The van der Waals surface area contributed by atoms with Crippen LogP contribution < -0.4 is 5.32 Å². The normalized spacial score (nSPS) is 24.9. The third-order valence-electron chi connectivity index (χ3n) is 3.71. The molecule has 3 unspecified atom stereocenters. The van der Waals surface area contributed by atoms with Crippen LogP contribution in [0.4, 0.5) is 5.69 Å². The van der Waals surface area contributed by atoms with Gasteiger partial charge in [0.25, 0.3) is 0 Å². The number of hydrogen-bond acceptors (Lipinski definition) is 2. The molecule has 1 fully saturated rings. The van der Waals surface area contributed by atoms with Crippen LogP contribution in [0.2, 0.25) is 10.0 Å². The Labute approximate surface area is 140 Å². The van der Waals surface area contributed by atoms with Gasteiger partial charge in [0.05, 0.1) is 27.6 Å². The topological polar surface area (TPSA) is 66.4 Å². The van der Waals surface area contributed by atoms with E-state index in [1.165, 1.54) is 0 Å². The number of hydrogen-bond donors (Lipinski definition) is 2. The number of rotatable bonds is 3. The van der Waals surface area contributed by atoms with Gasteiger partial charge in [-0.3, -0.25) is 9.59 Å². The summed E-state index contributed by atoms with van der Waals surface area (Å²) in [6.45, 7) is 1.95. The van der Waals surface area contributed by atoms with Crippen LogP contribution in [0.3, 0.4) is 0 Å². The van der Waals surface area contributed by atoms with E-state index in [0.717, 1.165) is 0 Å². The van der Waals surface area contributed by atoms with Crippen LogP contribution in [0.25, 0.3) is 0 Å². The van der Waals surface area contributed by atoms with Gasteiger partial charge < -0.3 is 10.4 Å². The van der Waals surface area contributed by atoms with E-state index in [2.05, 4.69) is 21.2 Å². The summed E-state index contributed by atoms with van der Waals surface area (Å²) in [6.07, 6.45) is 1.06. The van der Waals surface area contributed by atoms with Gasteiger partial charge in [0.15, 0.2) is 0 Å². The number of anilines is 1. The van der Waals surface area contributed by atoms with Gasteiger partial charge in [-0.25, -0.2) is 0 Å². The molecule has 1 aromatic rings. The van der Waals surface area contributed by atoms with Crippen LogP contribution in [0.5, 0.6) is 0 Å². The maximum Gasteiger partial charge on any atom is 0.307 e. The van der Waals surface area contributed by atoms with Crippen molar-refractivity contribution >= 4 is 56.7 Å². The molecule has 3 atom stereocenters. The summed E-state index contributed by atoms with van der Waals surface area (Å²) in [6, 6.07) is 3.24. The zero-order valence-electron chi connectivity index (χ0n) is 11.2. The Hall–Kier alpha value is -0.780. The van der Waals surface area contributed by atoms with Crippen LogP contribution in [0.15, 0.2) is 16.6 Å². The molecule has 1 aliphatic carbocycles. The highest BCUT2D eigenvalue weighted by atomic mass is 79.9. The Bertz CT molecular complexity index is 571. The molecule has 0 aromatic heterocycles. The molecular formula is C14H14BrCl2NO3. The summed E-state index contributed by atoms with van der Waals surface area (Å²) in [5.74, 6) is -2.30. The Balaban J connectivity index is 2.20. The van der Waals surface area contributed by atoms with Gasteiger partial charge in [0.2, 0.25) is 5.91 Å². The first kappa shape index (κ1) is 16.6. The molecule has 1 aliphatic rings. The van der Waals surface area contributed by atoms with E-state index in [9.17, 15) is 14.7 Å². The van der Waals surface area contributed by atoms with E-state index >= 15 is 0 Å². The predicted molar refractivity (Wildman–Crippen MR) is 85.8 cm³/mol. The number of carbonyl (C=O) groups excluding carboxylic acids is 1. The Morgan fingerprint density at radius 1 is 1.24 bits per heavy atom. The predicted octanol–water partition coefficient (Wildman–Crippen LogP) is 4.44. The van der Waals surface area contributed by atoms with Crippen LogP contribution in [-0.4, -0.2) is 17.0 Å². The number of halogens is 3. The molecule has 2 rings (SSSR count). The molecule has 1 amide bonds. The van der Waals surface area contributed by atoms with Crippen LogP contribution in [0, 0.1) is 17.8 Å². The summed E-state index contributed by atoms with van der Waals surface area (Å²) in [4.78, 5) is 23.6. The second-order valence-corrected chi connectivity index (χ2v) is 7.09. The number of benzene rings is 1. The fourth-order valence-corrected chi connectivity index (χ4v) is 4.03. The first-order valence-electron chi connectivity index (χ1n) is 6.47. The number of nitrogens with one attached hydrogen (secondary N) is 1. The van der Waals surface area contributed by atoms with E-state index in [1.807, 2.05) is 6.92 Å². The lowest BCUT2D eigenvalue weighted by Crippen LogP contribution is -2.30. The fourth-order valence-electron chi connectivity index (χ4n) is 2.73. The zero-order chi connectivity index (χ0) is 15.7. The number of amides is 1. The van der Waals surface area contributed by atoms with E-state index in [4.69, 9.17) is 23.2 Å². The fraction of sp³-hybridized carbons (Fsp3) is 0.429. The standard InChI is InChI=1S/C14H14BrCl2NO3/c1-6-2-8(9(3-6)14(20)21)13(19)18-12-10(16)4-7(15)5-11(12)17/h4-6,8-9H,2-3H2,1H3,(H,18,19)(H,20,21). The monoisotopic (exact) mass is 393 g/mol. The van der Waals surface area contributed by atoms with Crippen molar-refractivity contribution in [3.05, 3.63) is 26.7 Å². The summed E-state index contributed by atoms with van der Waals surface area (Å²) < 4.78 is 0.702. The van der Waals surface area contributed by atoms with Crippen molar-refractivity contribution in [1.82, 2.24) is 0 Å². The summed E-state index contributed by atoms with van der Waals surface area (Å²) in [5, 5.41) is 12.5. The number of carbonyl (C=O) groups is 2. The van der Waals surface area contributed by atoms with Gasteiger partial charge in [-0.2, -0.15) is 0 Å². The SMILES string of the molecule is CC1CC(C(=O)O)C(C(=O)Nc2c(Cl)cc(Br)cc2Cl)C1. The molecule has 114 valence electrons. The molecule has 21 heavy (non-hydrogen) atoms. The van der Waals surface area contributed by atoms with Crippen molar-refractivity contribution in [2.75, 3.05) is 5.32 Å². The van der Waals surface area contributed by atoms with E-state index in [-0.39, 0.29) is 11.8 Å². The van der Waals surface area contributed by atoms with Gasteiger partial charge in [0, 0.05) is 4.47 Å². The molecule has 1 saturated carbocycles. The average molecular weight is 395 g/mol. The van der Waals surface area contributed by atoms with Crippen molar-refractivity contribution in [2.24, 2.45) is 17.8 Å². The quantitative estimate of drug-likeness (QED) is 0.796. The molecule has 2 N–H and O–H groups in total. The summed E-state index contributed by atoms with van der Waals surface area (Å²) in [7, 11) is 0. The van der Waals surface area contributed by atoms with Gasteiger partial charge >= 0.3 is 5.97 Å². The summed E-state index contributed by atoms with van der Waals surface area (Å²) in [5.41, 5.74) is 0.315. The van der Waals surface area contributed by atoms with Crippen LogP contribution in [0.1, 0.15) is 19.8 Å². The van der Waals surface area contributed by atoms with E-state index < -0.39 is 17.8 Å². The van der Waals surface area contributed by atoms with Gasteiger partial charge in [0.1, 0.15) is 0 Å². The largest absolute Gasteiger partial charge is 0.481 e. The minimum Gasteiger partial charge on any atom is -0.481 e. The zero-order valence-corrected chi connectivity index (χ0v) is 14.3. The van der Waals surface area contributed by atoms with Gasteiger partial charge in [-0.1, -0.05) is 46.1 Å². The lowest BCUT2D eigenvalue weighted by Gasteiger charge is -2.17. The molecule has 0 bridgehead atoms. The second kappa shape index (κ2) is 6.55. The molecule has 0 spiro atoms. The van der Waals surface area contributed by atoms with Crippen molar-refractivity contribution in [2.45, 2.75) is 19.8 Å². The lowest BCUT2D eigenvalue weighted by atomic mass is 9.95. The molecule has 0 saturated heterocycles. The first-order chi connectivity index (χ1) is 9.79. The highest BCUT2D eigenvalue weighted by molar-refractivity contribution is 9.10. The van der Waals surface area contributed by atoms with E-state index in [0.29, 0.717) is 33.0 Å². The lowest BCUT2D eigenvalue weighted by molar-refractivity contribution is -0.145. The maximum atomic E-state index is 12.4. The first-order valence-corrected chi connectivity index (χ1v) is 8.02. The van der Waals surface area contributed by atoms with Crippen LogP contribution >= 0.6 is 39.1 Å². The van der Waals surface area contributed by atoms with Crippen molar-refractivity contribution in [1.29, 1.82) is 0 Å². The van der Waals surface area contributed by atoms with Crippen molar-refractivity contribution < 1.29 is 14.7 Å². The summed E-state index contributed by atoms with van der Waals surface area (Å²) >= 11 is 15.4. The van der Waals surface area contributed by atoms with Gasteiger partial charge in [-0.05, 0) is 30.9 Å². The maximum absolute atomic E-state index is 12.4. The number of aliphatic carboxylic acids is 1. The highest BCUT2D eigenvalue weighted by Crippen LogP contribution is 2.39. The van der Waals surface area contributed by atoms with E-state index in [1.54, 1.807) is 12.1 Å². The third kappa shape index (κ3) is 3.71. The van der Waals surface area contributed by atoms with Crippen molar-refractivity contribution in [3.8, 4) is 0 Å². The molecule has 1 aromatic carbocycles. The number of carboxylic acid groups (broad SMARTS) is 1. The molecule has 7 heteroatoms. The highest BCUT2D eigenvalue weighted by Gasteiger charge is 2.41. The smallest absolute Gasteiger partial charge is 0.307 e. The molecule has 0 aliphatic heterocycles. The Kier molecular flexibility index (Phi) is 5.17.